The molecule has 0 radical (unpaired) electrons. The molecule has 3 unspecified atom stereocenters. The molecule has 0 bridgehead atoms. The second kappa shape index (κ2) is 10.9. The van der Waals surface area contributed by atoms with Crippen molar-refractivity contribution in [3.63, 3.8) is 0 Å². The molecule has 0 spiro atoms. The van der Waals surface area contributed by atoms with Gasteiger partial charge in [-0.1, -0.05) is 109 Å². The van der Waals surface area contributed by atoms with Crippen LogP contribution in [0.2, 0.25) is 0 Å². The first-order valence-electron chi connectivity index (χ1n) is 14.9. The van der Waals surface area contributed by atoms with Gasteiger partial charge in [0.05, 0.1) is 22.5 Å². The zero-order valence-corrected chi connectivity index (χ0v) is 24.2. The molecule has 3 atom stereocenters. The van der Waals surface area contributed by atoms with Crippen LogP contribution in [-0.4, -0.2) is 23.2 Å². The summed E-state index contributed by atoms with van der Waals surface area (Å²) in [6, 6.07) is 45.6. The van der Waals surface area contributed by atoms with Crippen molar-refractivity contribution < 1.29 is 14.0 Å². The van der Waals surface area contributed by atoms with Gasteiger partial charge in [-0.25, -0.2) is 9.57 Å². The minimum Gasteiger partial charge on any atom is -0.464 e. The van der Waals surface area contributed by atoms with E-state index in [1.54, 1.807) is 0 Å². The quantitative estimate of drug-likeness (QED) is 0.207. The van der Waals surface area contributed by atoms with Crippen LogP contribution in [0.5, 0.6) is 5.75 Å². The first kappa shape index (κ1) is 26.0. The van der Waals surface area contributed by atoms with Gasteiger partial charge < -0.3 is 20.1 Å². The van der Waals surface area contributed by atoms with Crippen LogP contribution in [0.25, 0.3) is 5.70 Å². The molecule has 0 fully saturated rings. The zero-order valence-electron chi connectivity index (χ0n) is 24.2. The molecule has 44 heavy (non-hydrogen) atoms. The minimum absolute atomic E-state index is 0.0886. The average Bonchev–Trinajstić information content (AvgIpc) is 3.50. The number of aliphatic imine (C=N–C) groups is 1. The number of benzene rings is 5. The Kier molecular flexibility index (Phi) is 6.45. The van der Waals surface area contributed by atoms with Crippen LogP contribution >= 0.6 is 0 Å². The van der Waals surface area contributed by atoms with Crippen LogP contribution in [0, 0.1) is 0 Å². The summed E-state index contributed by atoms with van der Waals surface area (Å²) in [4.78, 5) is 4.94. The number of rotatable bonds is 6. The number of hydrogen-bond acceptors (Lipinski definition) is 5. The van der Waals surface area contributed by atoms with Crippen LogP contribution in [0.3, 0.4) is 0 Å². The van der Waals surface area contributed by atoms with Gasteiger partial charge in [-0.15, -0.1) is 0 Å². The molecule has 5 aromatic carbocycles. The van der Waals surface area contributed by atoms with Gasteiger partial charge in [-0.3, -0.25) is 0 Å². The van der Waals surface area contributed by atoms with Crippen molar-refractivity contribution in [2.24, 2.45) is 4.99 Å². The van der Waals surface area contributed by atoms with E-state index in [1.165, 1.54) is 5.56 Å². The zero-order chi connectivity index (χ0) is 29.5. The maximum atomic E-state index is 6.35. The van der Waals surface area contributed by atoms with E-state index in [1.807, 2.05) is 66.7 Å². The SMILES string of the molecule is C[N+]1=C(c2cc(C3Nc4ccccc4O3)ccc2C2=NC(c3ccccc3)O2)C=C(c2ccccc2)NC1c1ccccc1. The number of fused-ring (bicyclic) bond motifs is 1. The van der Waals surface area contributed by atoms with Crippen LogP contribution in [0.1, 0.15) is 52.0 Å². The average molecular weight is 576 g/mol. The van der Waals surface area contributed by atoms with Gasteiger partial charge >= 0.3 is 0 Å². The minimum atomic E-state index is -0.309. The van der Waals surface area contributed by atoms with E-state index in [0.29, 0.717) is 5.90 Å². The lowest BCUT2D eigenvalue weighted by atomic mass is 9.94. The van der Waals surface area contributed by atoms with Crippen LogP contribution in [0.15, 0.2) is 145 Å². The van der Waals surface area contributed by atoms with Crippen molar-refractivity contribution in [3.8, 4) is 5.75 Å². The normalized spacial score (nSPS) is 20.2. The van der Waals surface area contributed by atoms with Crippen molar-refractivity contribution in [1.82, 2.24) is 5.32 Å². The topological polar surface area (TPSA) is 57.9 Å². The number of hydrogen-bond donors (Lipinski definition) is 2. The highest BCUT2D eigenvalue weighted by Crippen LogP contribution is 2.39. The predicted octanol–water partition coefficient (Wildman–Crippen LogP) is 7.44. The van der Waals surface area contributed by atoms with Crippen LogP contribution in [-0.2, 0) is 4.74 Å². The summed E-state index contributed by atoms with van der Waals surface area (Å²) >= 11 is 0. The third-order valence-electron chi connectivity index (χ3n) is 8.35. The fraction of sp³-hybridized carbons (Fsp3) is 0.105. The Hall–Kier alpha value is -5.62. The number of para-hydroxylation sites is 2. The van der Waals surface area contributed by atoms with Gasteiger partial charge in [0.1, 0.15) is 12.8 Å². The molecule has 3 aliphatic rings. The second-order valence-electron chi connectivity index (χ2n) is 11.1. The monoisotopic (exact) mass is 575 g/mol. The van der Waals surface area contributed by atoms with Crippen molar-refractivity contribution in [1.29, 1.82) is 0 Å². The molecule has 0 saturated heterocycles. The maximum Gasteiger partial charge on any atom is 0.252 e. The fourth-order valence-corrected chi connectivity index (χ4v) is 6.03. The molecule has 3 aliphatic heterocycles. The Labute approximate surface area is 256 Å². The van der Waals surface area contributed by atoms with Crippen molar-refractivity contribution in [2.45, 2.75) is 18.6 Å². The third-order valence-corrected chi connectivity index (χ3v) is 8.35. The van der Waals surface area contributed by atoms with Crippen molar-refractivity contribution in [2.75, 3.05) is 12.4 Å². The number of nitrogens with zero attached hydrogens (tertiary/aromatic N) is 2. The number of nitrogens with one attached hydrogen (secondary N) is 2. The maximum absolute atomic E-state index is 6.35. The highest BCUT2D eigenvalue weighted by Gasteiger charge is 2.35. The van der Waals surface area contributed by atoms with Crippen molar-refractivity contribution >= 4 is 23.0 Å². The Morgan fingerprint density at radius 2 is 1.30 bits per heavy atom. The third kappa shape index (κ3) is 4.71. The Balaban J connectivity index is 1.27. The Morgan fingerprint density at radius 1 is 0.636 bits per heavy atom. The van der Waals surface area contributed by atoms with Crippen LogP contribution in [0.4, 0.5) is 5.69 Å². The van der Waals surface area contributed by atoms with E-state index in [-0.39, 0.29) is 18.6 Å². The van der Waals surface area contributed by atoms with Gasteiger partial charge in [0.25, 0.3) is 6.17 Å². The largest absolute Gasteiger partial charge is 0.464 e. The first-order valence-corrected chi connectivity index (χ1v) is 14.9. The molecule has 6 heteroatoms. The number of anilines is 1. The molecule has 0 aromatic heterocycles. The van der Waals surface area contributed by atoms with Crippen molar-refractivity contribution in [3.05, 3.63) is 173 Å². The molecule has 5 aromatic rings. The Morgan fingerprint density at radius 3 is 2.02 bits per heavy atom. The summed E-state index contributed by atoms with van der Waals surface area (Å²) < 4.78 is 15.0. The van der Waals surface area contributed by atoms with Gasteiger partial charge in [0, 0.05) is 22.8 Å². The molecule has 0 saturated carbocycles. The molecule has 8 rings (SSSR count). The summed E-state index contributed by atoms with van der Waals surface area (Å²) in [7, 11) is 2.13. The molecule has 3 heterocycles. The van der Waals surface area contributed by atoms with E-state index in [4.69, 9.17) is 14.5 Å². The van der Waals surface area contributed by atoms with Gasteiger partial charge in [0.2, 0.25) is 17.8 Å². The van der Waals surface area contributed by atoms with E-state index in [2.05, 4.69) is 95.1 Å². The summed E-state index contributed by atoms with van der Waals surface area (Å²) in [5.41, 5.74) is 9.40. The van der Waals surface area contributed by atoms with Gasteiger partial charge in [-0.05, 0) is 29.8 Å². The molecule has 214 valence electrons. The summed E-state index contributed by atoms with van der Waals surface area (Å²) in [5, 5.41) is 7.32. The molecule has 0 amide bonds. The van der Waals surface area contributed by atoms with Gasteiger partial charge in [-0.2, -0.15) is 0 Å². The number of allylic oxidation sites excluding steroid dienone is 1. The highest BCUT2D eigenvalue weighted by molar-refractivity contribution is 6.16. The molecule has 6 nitrogen and oxygen atoms in total. The summed E-state index contributed by atoms with van der Waals surface area (Å²) in [6.45, 7) is 0. The van der Waals surface area contributed by atoms with Gasteiger partial charge in [0.15, 0.2) is 6.23 Å². The van der Waals surface area contributed by atoms with E-state index in [9.17, 15) is 0 Å². The smallest absolute Gasteiger partial charge is 0.252 e. The fourth-order valence-electron chi connectivity index (χ4n) is 6.03. The second-order valence-corrected chi connectivity index (χ2v) is 11.1. The molecular weight excluding hydrogens is 544 g/mol. The van der Waals surface area contributed by atoms with E-state index < -0.39 is 0 Å². The highest BCUT2D eigenvalue weighted by atomic mass is 16.5. The molecular formula is C38H31N4O2+. The lowest BCUT2D eigenvalue weighted by Gasteiger charge is -2.29. The first-order chi connectivity index (χ1) is 21.7. The molecule has 0 aliphatic carbocycles. The number of ether oxygens (including phenoxy) is 2. The summed E-state index contributed by atoms with van der Waals surface area (Å²) in [5.74, 6) is 1.48. The Bertz CT molecular complexity index is 1910. The lowest BCUT2D eigenvalue weighted by Crippen LogP contribution is -2.38. The summed E-state index contributed by atoms with van der Waals surface area (Å²) in [6.07, 6.45) is 1.52. The standard InChI is InChI=1S/C38H30N4O2/c1-42-33(24-32(25-13-5-2-6-14-25)39-35(42)26-15-7-3-8-16-26)30-23-28(37-40-31-19-11-12-20-34(31)43-37)21-22-29(30)38-41-36(44-38)27-17-9-4-10-18-27/h2-24,35-37,40H,1H3/p+1. The van der Waals surface area contributed by atoms with E-state index >= 15 is 0 Å². The lowest BCUT2D eigenvalue weighted by molar-refractivity contribution is -0.549. The predicted molar refractivity (Wildman–Crippen MR) is 174 cm³/mol. The van der Waals surface area contributed by atoms with E-state index in [0.717, 1.165) is 50.7 Å². The van der Waals surface area contributed by atoms with Crippen LogP contribution < -0.4 is 15.4 Å². The molecule has 2 N–H and O–H groups in total.